The molecular weight excluding hydrogens is 292 g/mol. The van der Waals surface area contributed by atoms with Gasteiger partial charge in [0.15, 0.2) is 6.10 Å². The average molecular weight is 318 g/mol. The molecule has 23 heavy (non-hydrogen) atoms. The molecule has 0 aromatic heterocycles. The summed E-state index contributed by atoms with van der Waals surface area (Å²) in [6.07, 6.45) is 5.32. The van der Waals surface area contributed by atoms with E-state index in [1.165, 1.54) is 32.1 Å². The molecule has 1 aliphatic carbocycles. The van der Waals surface area contributed by atoms with Gasteiger partial charge < -0.3 is 15.4 Å². The van der Waals surface area contributed by atoms with Gasteiger partial charge in [0, 0.05) is 19.3 Å². The van der Waals surface area contributed by atoms with E-state index in [0.717, 1.165) is 0 Å². The van der Waals surface area contributed by atoms with Gasteiger partial charge in [-0.1, -0.05) is 31.4 Å². The lowest BCUT2D eigenvalue weighted by Crippen LogP contribution is -2.38. The zero-order valence-corrected chi connectivity index (χ0v) is 13.9. The molecule has 1 saturated carbocycles. The second-order valence-corrected chi connectivity index (χ2v) is 6.09. The van der Waals surface area contributed by atoms with Crippen LogP contribution in [0, 0.1) is 5.92 Å². The molecule has 0 spiro atoms. The minimum Gasteiger partial charge on any atom is -0.449 e. The number of hydrogen-bond acceptors (Lipinski definition) is 4. The van der Waals surface area contributed by atoms with Gasteiger partial charge in [0.2, 0.25) is 0 Å². The number of esters is 1. The number of carbonyl (C=O) groups excluding carboxylic acids is 2. The Hall–Kier alpha value is -2.04. The lowest BCUT2D eigenvalue weighted by molar-refractivity contribution is -0.129. The van der Waals surface area contributed by atoms with Crippen LogP contribution in [-0.2, 0) is 9.53 Å². The van der Waals surface area contributed by atoms with Crippen molar-refractivity contribution in [2.24, 2.45) is 5.92 Å². The van der Waals surface area contributed by atoms with Crippen molar-refractivity contribution in [3.05, 3.63) is 29.8 Å². The predicted octanol–water partition coefficient (Wildman–Crippen LogP) is 2.97. The minimum absolute atomic E-state index is 0.231. The first kappa shape index (κ1) is 17.3. The first-order valence-electron chi connectivity index (χ1n) is 8.37. The number of anilines is 1. The van der Waals surface area contributed by atoms with Crippen LogP contribution in [0.3, 0.4) is 0 Å². The number of carbonyl (C=O) groups is 2. The molecule has 2 rings (SSSR count). The maximum atomic E-state index is 12.2. The summed E-state index contributed by atoms with van der Waals surface area (Å²) >= 11 is 0. The highest BCUT2D eigenvalue weighted by Crippen LogP contribution is 2.22. The molecule has 1 aromatic carbocycles. The van der Waals surface area contributed by atoms with E-state index < -0.39 is 12.1 Å². The van der Waals surface area contributed by atoms with E-state index in [1.807, 2.05) is 6.07 Å². The second-order valence-electron chi connectivity index (χ2n) is 6.09. The Bertz CT molecular complexity index is 539. The number of rotatable bonds is 6. The van der Waals surface area contributed by atoms with Crippen LogP contribution < -0.4 is 10.6 Å². The zero-order valence-electron chi connectivity index (χ0n) is 13.9. The number of nitrogens with one attached hydrogen (secondary N) is 2. The van der Waals surface area contributed by atoms with Crippen LogP contribution in [0.2, 0.25) is 0 Å². The molecule has 126 valence electrons. The molecule has 1 atom stereocenters. The largest absolute Gasteiger partial charge is 0.449 e. The Morgan fingerprint density at radius 3 is 2.61 bits per heavy atom. The smallest absolute Gasteiger partial charge is 0.341 e. The van der Waals surface area contributed by atoms with Crippen LogP contribution >= 0.6 is 0 Å². The fraction of sp³-hybridized carbons (Fsp3) is 0.556. The Labute approximate surface area is 137 Å². The maximum Gasteiger partial charge on any atom is 0.341 e. The topological polar surface area (TPSA) is 67.4 Å². The number of amides is 1. The Kier molecular flexibility index (Phi) is 6.44. The van der Waals surface area contributed by atoms with E-state index in [-0.39, 0.29) is 5.91 Å². The summed E-state index contributed by atoms with van der Waals surface area (Å²) in [5, 5.41) is 5.85. The molecule has 1 fully saturated rings. The zero-order chi connectivity index (χ0) is 16.7. The maximum absolute atomic E-state index is 12.2. The lowest BCUT2D eigenvalue weighted by Gasteiger charge is -2.22. The quantitative estimate of drug-likeness (QED) is 0.791. The monoisotopic (exact) mass is 318 g/mol. The van der Waals surface area contributed by atoms with Gasteiger partial charge in [0.1, 0.15) is 0 Å². The van der Waals surface area contributed by atoms with Gasteiger partial charge in [-0.25, -0.2) is 4.79 Å². The van der Waals surface area contributed by atoms with Crippen LogP contribution in [0.1, 0.15) is 49.4 Å². The molecule has 0 unspecified atom stereocenters. The molecule has 0 heterocycles. The fourth-order valence-electron chi connectivity index (χ4n) is 2.94. The fourth-order valence-corrected chi connectivity index (χ4v) is 2.94. The first-order chi connectivity index (χ1) is 11.1. The van der Waals surface area contributed by atoms with Gasteiger partial charge in [-0.2, -0.15) is 0 Å². The Morgan fingerprint density at radius 1 is 1.22 bits per heavy atom. The van der Waals surface area contributed by atoms with Crippen LogP contribution in [0.25, 0.3) is 0 Å². The summed E-state index contributed by atoms with van der Waals surface area (Å²) in [5.74, 6) is -0.165. The van der Waals surface area contributed by atoms with Crippen molar-refractivity contribution < 1.29 is 14.3 Å². The van der Waals surface area contributed by atoms with Crippen molar-refractivity contribution in [3.63, 3.8) is 0 Å². The molecule has 1 aromatic rings. The minimum atomic E-state index is -0.795. The van der Waals surface area contributed by atoms with Crippen molar-refractivity contribution in [2.75, 3.05) is 18.9 Å². The molecule has 2 N–H and O–H groups in total. The summed E-state index contributed by atoms with van der Waals surface area (Å²) in [7, 11) is 1.74. The van der Waals surface area contributed by atoms with E-state index >= 15 is 0 Å². The Morgan fingerprint density at radius 2 is 1.91 bits per heavy atom. The van der Waals surface area contributed by atoms with Crippen LogP contribution in [-0.4, -0.2) is 31.6 Å². The van der Waals surface area contributed by atoms with Crippen LogP contribution in [0.15, 0.2) is 24.3 Å². The Balaban J connectivity index is 1.83. The standard InChI is InChI=1S/C18H26N2O3/c1-13(17(21)20-12-14-8-4-3-5-9-14)23-18(22)15-10-6-7-11-16(15)19-2/h6-7,10-11,13-14,19H,3-5,8-9,12H2,1-2H3,(H,20,21)/t13-/m0/s1. The third-order valence-corrected chi connectivity index (χ3v) is 4.36. The summed E-state index contributed by atoms with van der Waals surface area (Å²) in [5.41, 5.74) is 1.12. The first-order valence-corrected chi connectivity index (χ1v) is 8.37. The molecule has 1 aliphatic rings. The molecule has 1 amide bonds. The van der Waals surface area contributed by atoms with Crippen molar-refractivity contribution in [3.8, 4) is 0 Å². The highest BCUT2D eigenvalue weighted by molar-refractivity contribution is 5.97. The highest BCUT2D eigenvalue weighted by Gasteiger charge is 2.21. The van der Waals surface area contributed by atoms with Gasteiger partial charge in [0.25, 0.3) is 5.91 Å². The van der Waals surface area contributed by atoms with Crippen molar-refractivity contribution in [1.82, 2.24) is 5.32 Å². The number of ether oxygens (including phenoxy) is 1. The summed E-state index contributed by atoms with van der Waals surface area (Å²) in [4.78, 5) is 24.3. The molecule has 0 bridgehead atoms. The van der Waals surface area contributed by atoms with Crippen LogP contribution in [0.5, 0.6) is 0 Å². The van der Waals surface area contributed by atoms with E-state index in [2.05, 4.69) is 10.6 Å². The summed E-state index contributed by atoms with van der Waals surface area (Å²) < 4.78 is 5.29. The number of benzene rings is 1. The summed E-state index contributed by atoms with van der Waals surface area (Å²) in [6, 6.07) is 7.08. The molecule has 0 radical (unpaired) electrons. The lowest BCUT2D eigenvalue weighted by atomic mass is 9.89. The van der Waals surface area contributed by atoms with Crippen molar-refractivity contribution in [1.29, 1.82) is 0 Å². The van der Waals surface area contributed by atoms with E-state index in [9.17, 15) is 9.59 Å². The van der Waals surface area contributed by atoms with Crippen molar-refractivity contribution >= 4 is 17.6 Å². The van der Waals surface area contributed by atoms with Gasteiger partial charge in [0.05, 0.1) is 5.56 Å². The number of para-hydroxylation sites is 1. The SMILES string of the molecule is CNc1ccccc1C(=O)O[C@@H](C)C(=O)NCC1CCCCC1. The van der Waals surface area contributed by atoms with Gasteiger partial charge in [-0.3, -0.25) is 4.79 Å². The molecule has 5 heteroatoms. The molecule has 5 nitrogen and oxygen atoms in total. The third kappa shape index (κ3) is 4.98. The van der Waals surface area contributed by atoms with Gasteiger partial charge in [-0.15, -0.1) is 0 Å². The van der Waals surface area contributed by atoms with Gasteiger partial charge in [-0.05, 0) is 37.8 Å². The third-order valence-electron chi connectivity index (χ3n) is 4.36. The van der Waals surface area contributed by atoms with E-state index in [4.69, 9.17) is 4.74 Å². The molecule has 0 aliphatic heterocycles. The number of hydrogen-bond donors (Lipinski definition) is 2. The average Bonchev–Trinajstić information content (AvgIpc) is 2.60. The van der Waals surface area contributed by atoms with Crippen LogP contribution in [0.4, 0.5) is 5.69 Å². The predicted molar refractivity (Wildman–Crippen MR) is 90.5 cm³/mol. The second kappa shape index (κ2) is 8.56. The van der Waals surface area contributed by atoms with E-state index in [1.54, 1.807) is 32.2 Å². The highest BCUT2D eigenvalue weighted by atomic mass is 16.5. The van der Waals surface area contributed by atoms with Crippen molar-refractivity contribution in [2.45, 2.75) is 45.1 Å². The van der Waals surface area contributed by atoms with E-state index in [0.29, 0.717) is 23.7 Å². The summed E-state index contributed by atoms with van der Waals surface area (Å²) in [6.45, 7) is 2.28. The molecular formula is C18H26N2O3. The van der Waals surface area contributed by atoms with Gasteiger partial charge >= 0.3 is 5.97 Å². The molecule has 0 saturated heterocycles. The normalized spacial score (nSPS) is 16.4.